The number of nitriles is 2. The van der Waals surface area contributed by atoms with E-state index in [2.05, 4.69) is 44.3 Å². The molecule has 1 aromatic rings. The van der Waals surface area contributed by atoms with E-state index in [1.54, 1.807) is 0 Å². The molecule has 0 unspecified atom stereocenters. The van der Waals surface area contributed by atoms with Crippen LogP contribution in [0.3, 0.4) is 0 Å². The van der Waals surface area contributed by atoms with Crippen molar-refractivity contribution in [1.29, 1.82) is 10.5 Å². The molecule has 2 nitrogen and oxygen atoms in total. The Morgan fingerprint density at radius 3 is 1.43 bits per heavy atom. The third kappa shape index (κ3) is 22.5. The van der Waals surface area contributed by atoms with Gasteiger partial charge in [-0.2, -0.15) is 0 Å². The van der Waals surface area contributed by atoms with Gasteiger partial charge in [-0.3, -0.25) is 0 Å². The molecule has 0 aliphatic carbocycles. The monoisotopic (exact) mass is 267 g/mol. The van der Waals surface area contributed by atoms with Crippen LogP contribution in [0.1, 0.15) is 5.56 Å². The second kappa shape index (κ2) is 18.0. The van der Waals surface area contributed by atoms with E-state index in [1.165, 1.54) is 16.4 Å². The van der Waals surface area contributed by atoms with Crippen LogP contribution in [-0.2, 0) is 42.0 Å². The number of aryl methyl sites for hydroxylation is 1. The Morgan fingerprint density at radius 2 is 1.29 bits per heavy atom. The van der Waals surface area contributed by atoms with Gasteiger partial charge in [-0.15, -0.1) is 0 Å². The van der Waals surface area contributed by atoms with Crippen LogP contribution in [0.4, 0.5) is 0 Å². The third-order valence-corrected chi connectivity index (χ3v) is 0.940. The summed E-state index contributed by atoms with van der Waals surface area (Å²) >= 11 is 7.40. The van der Waals surface area contributed by atoms with Crippen LogP contribution in [0.5, 0.6) is 0 Å². The van der Waals surface area contributed by atoms with Gasteiger partial charge in [0.15, 0.2) is 0 Å². The summed E-state index contributed by atoms with van der Waals surface area (Å²) < 4.78 is 0. The second-order valence-corrected chi connectivity index (χ2v) is 2.20. The van der Waals surface area contributed by atoms with Crippen molar-refractivity contribution in [3.05, 3.63) is 35.9 Å². The Balaban J connectivity index is -0.000000150. The molecular weight excluding hydrogens is 259 g/mol. The molecule has 1 radical (unpaired) electrons. The molecule has 1 aromatic carbocycles. The standard InChI is InChI=1S/C7H8.2CHNS.Co/c1-7-5-3-2-4-6-7;2*2-1-3;/h2-6H,1H3;2*3H;/q;;;+2/p-2. The minimum absolute atomic E-state index is 0. The Labute approximate surface area is 106 Å². The van der Waals surface area contributed by atoms with Crippen LogP contribution >= 0.6 is 0 Å². The maximum Gasteiger partial charge on any atom is 2.00 e. The van der Waals surface area contributed by atoms with Crippen molar-refractivity contribution in [3.63, 3.8) is 0 Å². The average Bonchev–Trinajstić information content (AvgIpc) is 2.08. The van der Waals surface area contributed by atoms with Gasteiger partial charge in [0.2, 0.25) is 0 Å². The van der Waals surface area contributed by atoms with Crippen molar-refractivity contribution >= 4 is 25.3 Å². The first kappa shape index (κ1) is 18.8. The largest absolute Gasteiger partial charge is 2.00 e. The van der Waals surface area contributed by atoms with Gasteiger partial charge in [0.25, 0.3) is 0 Å². The summed E-state index contributed by atoms with van der Waals surface area (Å²) in [5.74, 6) is 0. The first-order valence-corrected chi connectivity index (χ1v) is 4.08. The van der Waals surface area contributed by atoms with Gasteiger partial charge in [-0.25, -0.2) is 10.5 Å². The summed E-state index contributed by atoms with van der Waals surface area (Å²) in [6.45, 7) is 2.08. The molecule has 0 heterocycles. The molecule has 14 heavy (non-hydrogen) atoms. The van der Waals surface area contributed by atoms with Crippen molar-refractivity contribution < 1.29 is 16.8 Å². The summed E-state index contributed by atoms with van der Waals surface area (Å²) in [5, 5.41) is 16.9. The number of thiocyanates is 2. The number of benzene rings is 1. The molecule has 0 amide bonds. The first-order chi connectivity index (χ1) is 6.22. The van der Waals surface area contributed by atoms with Gasteiger partial charge in [-0.1, -0.05) is 46.7 Å². The average molecular weight is 267 g/mol. The Hall–Kier alpha value is -0.854. The second-order valence-electron chi connectivity index (χ2n) is 1.84. The molecule has 0 aliphatic heterocycles. The van der Waals surface area contributed by atoms with Gasteiger partial charge in [0.05, 0.1) is 0 Å². The minimum atomic E-state index is 0. The van der Waals surface area contributed by atoms with Crippen molar-refractivity contribution in [3.8, 4) is 10.8 Å². The van der Waals surface area contributed by atoms with Crippen molar-refractivity contribution in [1.82, 2.24) is 0 Å². The molecule has 0 aromatic heterocycles. The Morgan fingerprint density at radius 1 is 1.00 bits per heavy atom. The SMILES string of the molecule is Cc1ccccc1.N#C[S-].N#C[S-].[Co+2]. The molecule has 5 heteroatoms. The predicted octanol–water partition coefficient (Wildman–Crippen LogP) is 2.02. The van der Waals surface area contributed by atoms with Crippen LogP contribution in [0.25, 0.3) is 0 Å². The van der Waals surface area contributed by atoms with Crippen molar-refractivity contribution in [2.24, 2.45) is 0 Å². The van der Waals surface area contributed by atoms with E-state index >= 15 is 0 Å². The summed E-state index contributed by atoms with van der Waals surface area (Å²) in [7, 11) is 0. The van der Waals surface area contributed by atoms with Crippen LogP contribution in [-0.4, -0.2) is 0 Å². The summed E-state index contributed by atoms with van der Waals surface area (Å²) in [5.41, 5.74) is 1.32. The number of hydrogen-bond acceptors (Lipinski definition) is 4. The fourth-order valence-corrected chi connectivity index (χ4v) is 0.534. The smallest absolute Gasteiger partial charge is 0.696 e. The maximum absolute atomic E-state index is 7.13. The van der Waals surface area contributed by atoms with E-state index in [4.69, 9.17) is 10.5 Å². The number of hydrogen-bond donors (Lipinski definition) is 0. The molecule has 0 bridgehead atoms. The zero-order valence-electron chi connectivity index (χ0n) is 7.43. The van der Waals surface area contributed by atoms with Gasteiger partial charge < -0.3 is 25.3 Å². The zero-order valence-corrected chi connectivity index (χ0v) is 10.1. The quantitative estimate of drug-likeness (QED) is 0.533. The van der Waals surface area contributed by atoms with Crippen molar-refractivity contribution in [2.75, 3.05) is 0 Å². The third-order valence-electron chi connectivity index (χ3n) is 0.940. The molecule has 0 spiro atoms. The van der Waals surface area contributed by atoms with Gasteiger partial charge >= 0.3 is 16.8 Å². The van der Waals surface area contributed by atoms with Crippen LogP contribution in [0.15, 0.2) is 30.3 Å². The molecule has 0 N–H and O–H groups in total. The fourth-order valence-electron chi connectivity index (χ4n) is 0.534. The van der Waals surface area contributed by atoms with Gasteiger partial charge in [0, 0.05) is 0 Å². The van der Waals surface area contributed by atoms with Crippen LogP contribution in [0.2, 0.25) is 0 Å². The molecule has 0 saturated carbocycles. The van der Waals surface area contributed by atoms with E-state index in [9.17, 15) is 0 Å². The Kier molecular flexibility index (Phi) is 24.3. The van der Waals surface area contributed by atoms with Crippen LogP contribution in [0, 0.1) is 28.3 Å². The summed E-state index contributed by atoms with van der Waals surface area (Å²) in [6.07, 6.45) is 0. The van der Waals surface area contributed by atoms with E-state index in [-0.39, 0.29) is 16.8 Å². The number of rotatable bonds is 0. The van der Waals surface area contributed by atoms with Crippen LogP contribution < -0.4 is 0 Å². The van der Waals surface area contributed by atoms with E-state index in [0.717, 1.165) is 0 Å². The molecule has 1 rings (SSSR count). The van der Waals surface area contributed by atoms with E-state index in [1.807, 2.05) is 18.2 Å². The normalized spacial score (nSPS) is 5.36. The van der Waals surface area contributed by atoms with E-state index < -0.39 is 0 Å². The molecule has 0 atom stereocenters. The fraction of sp³-hybridized carbons (Fsp3) is 0.111. The molecule has 0 fully saturated rings. The van der Waals surface area contributed by atoms with Crippen molar-refractivity contribution in [2.45, 2.75) is 6.92 Å². The molecule has 0 saturated heterocycles. The molecule has 0 aliphatic rings. The molecule has 75 valence electrons. The maximum atomic E-state index is 7.13. The zero-order chi connectivity index (χ0) is 10.5. The predicted molar refractivity (Wildman–Crippen MR) is 57.1 cm³/mol. The number of nitrogens with zero attached hydrogens (tertiary/aromatic N) is 2. The topological polar surface area (TPSA) is 47.6 Å². The van der Waals surface area contributed by atoms with E-state index in [0.29, 0.717) is 0 Å². The Bertz CT molecular complexity index is 265. The summed E-state index contributed by atoms with van der Waals surface area (Å²) in [4.78, 5) is 0. The van der Waals surface area contributed by atoms with Gasteiger partial charge in [0.1, 0.15) is 0 Å². The summed E-state index contributed by atoms with van der Waals surface area (Å²) in [6, 6.07) is 10.3. The van der Waals surface area contributed by atoms with Gasteiger partial charge in [-0.05, 0) is 6.92 Å². The molecular formula is C9H8CoN2S2. The minimum Gasteiger partial charge on any atom is -0.696 e. The first-order valence-electron chi connectivity index (χ1n) is 3.27.